The van der Waals surface area contributed by atoms with Crippen LogP contribution in [0.5, 0.6) is 5.75 Å². The van der Waals surface area contributed by atoms with E-state index < -0.39 is 5.82 Å². The molecule has 0 fully saturated rings. The van der Waals surface area contributed by atoms with Crippen LogP contribution in [0, 0.1) is 17.1 Å². The van der Waals surface area contributed by atoms with Gasteiger partial charge in [-0.05, 0) is 54.3 Å². The summed E-state index contributed by atoms with van der Waals surface area (Å²) in [6.07, 6.45) is 3.44. The summed E-state index contributed by atoms with van der Waals surface area (Å²) in [7, 11) is 0. The molecule has 0 aliphatic carbocycles. The van der Waals surface area contributed by atoms with Gasteiger partial charge in [0.1, 0.15) is 18.2 Å². The SMILES string of the molecule is CCCCc1ccc(OCc2cc(F)cc(C#N)c2)cc1. The smallest absolute Gasteiger partial charge is 0.124 e. The average Bonchev–Trinajstić information content (AvgIpc) is 2.51. The van der Waals surface area contributed by atoms with Crippen LogP contribution in [0.1, 0.15) is 36.5 Å². The predicted molar refractivity (Wildman–Crippen MR) is 80.5 cm³/mol. The standard InChI is InChI=1S/C18H18FNO/c1-2-3-4-14-5-7-18(8-6-14)21-13-16-9-15(12-20)10-17(19)11-16/h5-11H,2-4,13H2,1H3. The van der Waals surface area contributed by atoms with E-state index in [1.807, 2.05) is 18.2 Å². The minimum atomic E-state index is -0.414. The lowest BCUT2D eigenvalue weighted by atomic mass is 10.1. The van der Waals surface area contributed by atoms with Gasteiger partial charge in [-0.2, -0.15) is 5.26 Å². The van der Waals surface area contributed by atoms with Crippen molar-refractivity contribution in [2.45, 2.75) is 32.8 Å². The van der Waals surface area contributed by atoms with Gasteiger partial charge in [0.25, 0.3) is 0 Å². The van der Waals surface area contributed by atoms with Crippen molar-refractivity contribution in [3.63, 3.8) is 0 Å². The van der Waals surface area contributed by atoms with Gasteiger partial charge >= 0.3 is 0 Å². The summed E-state index contributed by atoms with van der Waals surface area (Å²) < 4.78 is 18.9. The van der Waals surface area contributed by atoms with Crippen molar-refractivity contribution in [2.75, 3.05) is 0 Å². The number of unbranched alkanes of at least 4 members (excludes halogenated alkanes) is 1. The van der Waals surface area contributed by atoms with Crippen molar-refractivity contribution >= 4 is 0 Å². The van der Waals surface area contributed by atoms with E-state index in [1.54, 1.807) is 6.07 Å². The number of aryl methyl sites for hydroxylation is 1. The summed E-state index contributed by atoms with van der Waals surface area (Å²) in [4.78, 5) is 0. The molecule has 0 aliphatic rings. The van der Waals surface area contributed by atoms with Gasteiger partial charge in [-0.3, -0.25) is 0 Å². The Morgan fingerprint density at radius 2 is 1.86 bits per heavy atom. The second kappa shape index (κ2) is 7.44. The van der Waals surface area contributed by atoms with Crippen molar-refractivity contribution < 1.29 is 9.13 Å². The summed E-state index contributed by atoms with van der Waals surface area (Å²) in [6.45, 7) is 2.42. The Balaban J connectivity index is 1.97. The molecule has 2 nitrogen and oxygen atoms in total. The number of nitrogens with zero attached hydrogens (tertiary/aromatic N) is 1. The molecule has 0 saturated carbocycles. The van der Waals surface area contributed by atoms with Gasteiger partial charge in [-0.1, -0.05) is 25.5 Å². The molecule has 0 saturated heterocycles. The summed E-state index contributed by atoms with van der Waals surface area (Å²) >= 11 is 0. The molecule has 0 amide bonds. The van der Waals surface area contributed by atoms with Crippen LogP contribution < -0.4 is 4.74 Å². The van der Waals surface area contributed by atoms with Crippen LogP contribution >= 0.6 is 0 Å². The van der Waals surface area contributed by atoms with Crippen LogP contribution in [-0.2, 0) is 13.0 Å². The van der Waals surface area contributed by atoms with Crippen molar-refractivity contribution in [1.82, 2.24) is 0 Å². The molecule has 3 heteroatoms. The lowest BCUT2D eigenvalue weighted by molar-refractivity contribution is 0.305. The zero-order chi connectivity index (χ0) is 15.1. The topological polar surface area (TPSA) is 33.0 Å². The highest BCUT2D eigenvalue weighted by molar-refractivity contribution is 5.34. The molecule has 2 aromatic rings. The van der Waals surface area contributed by atoms with E-state index in [-0.39, 0.29) is 6.61 Å². The number of nitriles is 1. The maximum absolute atomic E-state index is 13.3. The van der Waals surface area contributed by atoms with Crippen LogP contribution in [0.3, 0.4) is 0 Å². The van der Waals surface area contributed by atoms with E-state index in [1.165, 1.54) is 30.5 Å². The van der Waals surface area contributed by atoms with E-state index in [0.29, 0.717) is 11.1 Å². The van der Waals surface area contributed by atoms with E-state index in [2.05, 4.69) is 19.1 Å². The fraction of sp³-hybridized carbons (Fsp3) is 0.278. The quantitative estimate of drug-likeness (QED) is 0.775. The Morgan fingerprint density at radius 1 is 1.10 bits per heavy atom. The number of hydrogen-bond donors (Lipinski definition) is 0. The highest BCUT2D eigenvalue weighted by Gasteiger charge is 2.02. The molecule has 108 valence electrons. The third kappa shape index (κ3) is 4.61. The van der Waals surface area contributed by atoms with E-state index >= 15 is 0 Å². The molecule has 21 heavy (non-hydrogen) atoms. The lowest BCUT2D eigenvalue weighted by Gasteiger charge is -2.08. The fourth-order valence-corrected chi connectivity index (χ4v) is 2.10. The maximum Gasteiger partial charge on any atom is 0.124 e. The maximum atomic E-state index is 13.3. The third-order valence-electron chi connectivity index (χ3n) is 3.23. The molecule has 0 heterocycles. The molecule has 0 aliphatic heterocycles. The molecule has 2 aromatic carbocycles. The van der Waals surface area contributed by atoms with Crippen LogP contribution in [0.15, 0.2) is 42.5 Å². The number of rotatable bonds is 6. The molecule has 0 spiro atoms. The highest BCUT2D eigenvalue weighted by atomic mass is 19.1. The van der Waals surface area contributed by atoms with E-state index in [0.717, 1.165) is 12.2 Å². The highest BCUT2D eigenvalue weighted by Crippen LogP contribution is 2.16. The first kappa shape index (κ1) is 15.1. The molecular formula is C18H18FNO. The van der Waals surface area contributed by atoms with Crippen LogP contribution in [0.25, 0.3) is 0 Å². The van der Waals surface area contributed by atoms with E-state index in [4.69, 9.17) is 10.00 Å². The average molecular weight is 283 g/mol. The number of hydrogen-bond acceptors (Lipinski definition) is 2. The van der Waals surface area contributed by atoms with Crippen LogP contribution in [0.4, 0.5) is 4.39 Å². The molecular weight excluding hydrogens is 265 g/mol. The first-order chi connectivity index (χ1) is 10.2. The Labute approximate surface area is 124 Å². The molecule has 0 unspecified atom stereocenters. The predicted octanol–water partition coefficient (Wildman–Crippen LogP) is 4.62. The third-order valence-corrected chi connectivity index (χ3v) is 3.23. The first-order valence-electron chi connectivity index (χ1n) is 7.12. The molecule has 0 N–H and O–H groups in total. The van der Waals surface area contributed by atoms with Crippen molar-refractivity contribution in [3.8, 4) is 11.8 Å². The number of benzene rings is 2. The van der Waals surface area contributed by atoms with Crippen LogP contribution in [-0.4, -0.2) is 0 Å². The van der Waals surface area contributed by atoms with Gasteiger partial charge in [-0.25, -0.2) is 4.39 Å². The summed E-state index contributed by atoms with van der Waals surface area (Å²) in [5, 5.41) is 8.82. The molecule has 2 rings (SSSR count). The normalized spacial score (nSPS) is 10.1. The number of ether oxygens (including phenoxy) is 1. The molecule has 0 aromatic heterocycles. The van der Waals surface area contributed by atoms with E-state index in [9.17, 15) is 4.39 Å². The number of halogens is 1. The zero-order valence-corrected chi connectivity index (χ0v) is 12.1. The second-order valence-electron chi connectivity index (χ2n) is 5.00. The van der Waals surface area contributed by atoms with Gasteiger partial charge < -0.3 is 4.74 Å². The summed E-state index contributed by atoms with van der Waals surface area (Å²) in [5.41, 5.74) is 2.26. The molecule has 0 radical (unpaired) electrons. The van der Waals surface area contributed by atoms with Crippen molar-refractivity contribution in [2.24, 2.45) is 0 Å². The van der Waals surface area contributed by atoms with Gasteiger partial charge in [0.15, 0.2) is 0 Å². The largest absolute Gasteiger partial charge is 0.489 e. The van der Waals surface area contributed by atoms with Gasteiger partial charge in [0.2, 0.25) is 0 Å². The summed E-state index contributed by atoms with van der Waals surface area (Å²) in [6, 6.07) is 14.1. The Morgan fingerprint density at radius 3 is 2.52 bits per heavy atom. The van der Waals surface area contributed by atoms with Crippen molar-refractivity contribution in [3.05, 3.63) is 65.0 Å². The molecule has 0 atom stereocenters. The van der Waals surface area contributed by atoms with Gasteiger partial charge in [0.05, 0.1) is 11.6 Å². The monoisotopic (exact) mass is 283 g/mol. The van der Waals surface area contributed by atoms with Gasteiger partial charge in [0, 0.05) is 0 Å². The fourth-order valence-electron chi connectivity index (χ4n) is 2.10. The summed E-state index contributed by atoms with van der Waals surface area (Å²) in [5.74, 6) is 0.334. The Kier molecular flexibility index (Phi) is 5.34. The van der Waals surface area contributed by atoms with Crippen molar-refractivity contribution in [1.29, 1.82) is 5.26 Å². The van der Waals surface area contributed by atoms with Crippen LogP contribution in [0.2, 0.25) is 0 Å². The van der Waals surface area contributed by atoms with Gasteiger partial charge in [-0.15, -0.1) is 0 Å². The Bertz CT molecular complexity index is 629. The molecule has 0 bridgehead atoms. The zero-order valence-electron chi connectivity index (χ0n) is 12.1. The second-order valence-corrected chi connectivity index (χ2v) is 5.00. The Hall–Kier alpha value is -2.34. The minimum absolute atomic E-state index is 0.251. The lowest BCUT2D eigenvalue weighted by Crippen LogP contribution is -1.97. The minimum Gasteiger partial charge on any atom is -0.489 e. The first-order valence-corrected chi connectivity index (χ1v) is 7.12.